The van der Waals surface area contributed by atoms with Gasteiger partial charge in [-0.25, -0.2) is 13.6 Å². The first-order valence-corrected chi connectivity index (χ1v) is 5.81. The van der Waals surface area contributed by atoms with Crippen LogP contribution in [0.4, 0.5) is 13.6 Å². The minimum atomic E-state index is -3.09. The maximum Gasteiger partial charge on any atom is 0.408 e. The highest BCUT2D eigenvalue weighted by atomic mass is 35.5. The molecular weight excluding hydrogens is 276 g/mol. The van der Waals surface area contributed by atoms with E-state index in [9.17, 15) is 13.6 Å². The Morgan fingerprint density at radius 3 is 2.42 bits per heavy atom. The lowest BCUT2D eigenvalue weighted by Gasteiger charge is -2.31. The Labute approximate surface area is 116 Å². The maximum absolute atomic E-state index is 13.6. The van der Waals surface area contributed by atoms with E-state index >= 15 is 0 Å². The molecule has 1 amide bonds. The highest BCUT2D eigenvalue weighted by Gasteiger charge is 2.46. The number of hydrogen-bond donors (Lipinski definition) is 1. The average molecular weight is 292 g/mol. The minimum absolute atomic E-state index is 0. The van der Waals surface area contributed by atoms with Crippen LogP contribution in [-0.4, -0.2) is 18.6 Å². The Morgan fingerprint density at radius 2 is 1.89 bits per heavy atom. The number of carbonyl (C=O) groups is 1. The second-order valence-corrected chi connectivity index (χ2v) is 4.74. The van der Waals surface area contributed by atoms with Crippen molar-refractivity contribution in [2.24, 2.45) is 0 Å². The molecule has 0 spiro atoms. The zero-order chi connectivity index (χ0) is 13.3. The highest BCUT2D eigenvalue weighted by Crippen LogP contribution is 2.34. The number of ether oxygens (including phenoxy) is 1. The van der Waals surface area contributed by atoms with Crippen molar-refractivity contribution in [1.82, 2.24) is 5.32 Å². The van der Waals surface area contributed by atoms with E-state index in [1.54, 1.807) is 24.3 Å². The predicted molar refractivity (Wildman–Crippen MR) is 70.0 cm³/mol. The van der Waals surface area contributed by atoms with Gasteiger partial charge in [0.25, 0.3) is 0 Å². The zero-order valence-corrected chi connectivity index (χ0v) is 11.5. The summed E-state index contributed by atoms with van der Waals surface area (Å²) in [6.07, 6.45) is -0.807. The molecule has 0 aliphatic carbocycles. The number of alkyl carbamates (subject to hydrolysis) is 1. The number of carbonyl (C=O) groups excluding carboxylic acids is 1. The van der Waals surface area contributed by atoms with Gasteiger partial charge in [-0.15, -0.1) is 12.4 Å². The summed E-state index contributed by atoms with van der Waals surface area (Å²) in [7, 11) is 0. The van der Waals surface area contributed by atoms with Crippen molar-refractivity contribution in [3.05, 3.63) is 35.4 Å². The Hall–Kier alpha value is -1.36. The second kappa shape index (κ2) is 5.74. The van der Waals surface area contributed by atoms with Gasteiger partial charge in [0.2, 0.25) is 0 Å². The van der Waals surface area contributed by atoms with Crippen molar-refractivity contribution >= 4 is 18.5 Å². The third-order valence-corrected chi connectivity index (χ3v) is 3.02. The van der Waals surface area contributed by atoms with Gasteiger partial charge in [0.05, 0.1) is 0 Å². The highest BCUT2D eigenvalue weighted by molar-refractivity contribution is 5.85. The zero-order valence-electron chi connectivity index (χ0n) is 10.7. The first-order chi connectivity index (χ1) is 8.40. The normalized spacial score (nSPS) is 21.3. The van der Waals surface area contributed by atoms with Gasteiger partial charge < -0.3 is 10.1 Å². The van der Waals surface area contributed by atoms with Gasteiger partial charge in [-0.05, 0) is 17.0 Å². The Bertz CT molecular complexity index is 448. The number of rotatable bonds is 2. The summed E-state index contributed by atoms with van der Waals surface area (Å²) in [6.45, 7) is 3.18. The Morgan fingerprint density at radius 1 is 1.32 bits per heavy atom. The van der Waals surface area contributed by atoms with Crippen LogP contribution in [0.2, 0.25) is 0 Å². The summed E-state index contributed by atoms with van der Waals surface area (Å²) in [6, 6.07) is 5.54. The molecule has 6 heteroatoms. The number of cyclic esters (lactones) is 1. The molecule has 1 saturated heterocycles. The first kappa shape index (κ1) is 15.7. The number of amides is 1. The van der Waals surface area contributed by atoms with E-state index < -0.39 is 24.7 Å². The smallest absolute Gasteiger partial charge is 0.408 e. The van der Waals surface area contributed by atoms with Crippen LogP contribution in [0.1, 0.15) is 36.9 Å². The molecule has 1 aliphatic heterocycles. The molecule has 1 fully saturated rings. The fourth-order valence-electron chi connectivity index (χ4n) is 1.91. The number of alkyl halides is 2. The molecule has 0 saturated carbocycles. The molecule has 1 aromatic carbocycles. The predicted octanol–water partition coefficient (Wildman–Crippen LogP) is 3.65. The van der Waals surface area contributed by atoms with Crippen LogP contribution < -0.4 is 5.32 Å². The number of benzene rings is 1. The molecule has 3 nitrogen and oxygen atoms in total. The van der Waals surface area contributed by atoms with Crippen LogP contribution in [0.3, 0.4) is 0 Å². The summed E-state index contributed by atoms with van der Waals surface area (Å²) in [5.74, 6) is -2.75. The third-order valence-electron chi connectivity index (χ3n) is 3.02. The molecule has 1 aliphatic rings. The van der Waals surface area contributed by atoms with Crippen LogP contribution >= 0.6 is 12.4 Å². The number of hydrogen-bond acceptors (Lipinski definition) is 2. The standard InChI is InChI=1S/C13H15F2NO2.ClH/c1-8(2)9-3-5-10(6-4-9)11-13(14,15)7-18-12(17)16-11;/h3-6,8,11H,7H2,1-2H3,(H,16,17);1H/t11-;/m0./s1. The maximum atomic E-state index is 13.6. The van der Waals surface area contributed by atoms with E-state index in [1.807, 2.05) is 13.8 Å². The van der Waals surface area contributed by atoms with Gasteiger partial charge in [-0.3, -0.25) is 0 Å². The van der Waals surface area contributed by atoms with Crippen LogP contribution in [-0.2, 0) is 4.74 Å². The molecule has 2 rings (SSSR count). The van der Waals surface area contributed by atoms with E-state index in [1.165, 1.54) is 0 Å². The average Bonchev–Trinajstić information content (AvgIpc) is 2.32. The lowest BCUT2D eigenvalue weighted by molar-refractivity contribution is -0.104. The molecule has 0 unspecified atom stereocenters. The molecule has 1 aromatic rings. The molecule has 0 radical (unpaired) electrons. The fraction of sp³-hybridized carbons (Fsp3) is 0.462. The van der Waals surface area contributed by atoms with Crippen molar-refractivity contribution in [2.45, 2.75) is 31.7 Å². The summed E-state index contributed by atoms with van der Waals surface area (Å²) in [5, 5.41) is 2.16. The quantitative estimate of drug-likeness (QED) is 0.903. The van der Waals surface area contributed by atoms with Crippen LogP contribution in [0.25, 0.3) is 0 Å². The van der Waals surface area contributed by atoms with Crippen molar-refractivity contribution in [3.8, 4) is 0 Å². The molecule has 19 heavy (non-hydrogen) atoms. The van der Waals surface area contributed by atoms with Crippen molar-refractivity contribution in [1.29, 1.82) is 0 Å². The lowest BCUT2D eigenvalue weighted by atomic mass is 9.96. The van der Waals surface area contributed by atoms with Crippen molar-refractivity contribution in [2.75, 3.05) is 6.61 Å². The summed E-state index contributed by atoms with van der Waals surface area (Å²) < 4.78 is 31.6. The van der Waals surface area contributed by atoms with Gasteiger partial charge in [0.15, 0.2) is 6.61 Å². The SMILES string of the molecule is CC(C)c1ccc([C@@H]2NC(=O)OCC2(F)F)cc1.Cl. The van der Waals surface area contributed by atoms with Crippen LogP contribution in [0.5, 0.6) is 0 Å². The Balaban J connectivity index is 0.00000180. The molecule has 0 aromatic heterocycles. The summed E-state index contributed by atoms with van der Waals surface area (Å²) in [4.78, 5) is 11.0. The monoisotopic (exact) mass is 291 g/mol. The molecule has 1 atom stereocenters. The minimum Gasteiger partial charge on any atom is -0.443 e. The summed E-state index contributed by atoms with van der Waals surface area (Å²) in [5.41, 5.74) is 1.46. The van der Waals surface area contributed by atoms with E-state index in [4.69, 9.17) is 0 Å². The van der Waals surface area contributed by atoms with Crippen LogP contribution in [0, 0.1) is 0 Å². The molecular formula is C13H16ClF2NO2. The van der Waals surface area contributed by atoms with Crippen molar-refractivity contribution < 1.29 is 18.3 Å². The van der Waals surface area contributed by atoms with E-state index in [0.717, 1.165) is 5.56 Å². The summed E-state index contributed by atoms with van der Waals surface area (Å²) >= 11 is 0. The fourth-order valence-corrected chi connectivity index (χ4v) is 1.91. The van der Waals surface area contributed by atoms with E-state index in [2.05, 4.69) is 10.1 Å². The first-order valence-electron chi connectivity index (χ1n) is 5.81. The van der Waals surface area contributed by atoms with Gasteiger partial charge >= 0.3 is 12.0 Å². The Kier molecular flexibility index (Phi) is 4.74. The van der Waals surface area contributed by atoms with Crippen molar-refractivity contribution in [3.63, 3.8) is 0 Å². The van der Waals surface area contributed by atoms with Gasteiger partial charge in [-0.2, -0.15) is 0 Å². The van der Waals surface area contributed by atoms with Gasteiger partial charge in [0.1, 0.15) is 6.04 Å². The molecule has 0 bridgehead atoms. The largest absolute Gasteiger partial charge is 0.443 e. The molecule has 1 N–H and O–H groups in total. The topological polar surface area (TPSA) is 38.3 Å². The molecule has 1 heterocycles. The number of nitrogens with one attached hydrogen (secondary N) is 1. The number of halogens is 3. The van der Waals surface area contributed by atoms with Gasteiger partial charge in [0, 0.05) is 0 Å². The third kappa shape index (κ3) is 3.35. The molecule has 106 valence electrons. The van der Waals surface area contributed by atoms with Crippen LogP contribution in [0.15, 0.2) is 24.3 Å². The van der Waals surface area contributed by atoms with Gasteiger partial charge in [-0.1, -0.05) is 38.1 Å². The second-order valence-electron chi connectivity index (χ2n) is 4.74. The van der Waals surface area contributed by atoms with E-state index in [0.29, 0.717) is 11.5 Å². The lowest BCUT2D eigenvalue weighted by Crippen LogP contribution is -2.49. The van der Waals surface area contributed by atoms with E-state index in [-0.39, 0.29) is 12.4 Å².